The molecule has 7 N–H and O–H groups in total. The molecule has 1 aromatic carbocycles. The molecular formula is C28H37ClN2O12. The number of hydrogen-bond donors (Lipinski definition) is 7. The van der Waals surface area contributed by atoms with E-state index in [1.807, 2.05) is 0 Å². The summed E-state index contributed by atoms with van der Waals surface area (Å²) in [5, 5.41) is 55.5. The summed E-state index contributed by atoms with van der Waals surface area (Å²) >= 11 is 5.85. The maximum atomic E-state index is 12.5. The first-order valence-corrected chi connectivity index (χ1v) is 13.9. The van der Waals surface area contributed by atoms with Crippen molar-refractivity contribution in [3.8, 4) is 12.3 Å². The Balaban J connectivity index is 2.23. The maximum absolute atomic E-state index is 12.5. The highest BCUT2D eigenvalue weighted by atomic mass is 35.5. The van der Waals surface area contributed by atoms with E-state index in [0.717, 1.165) is 0 Å². The zero-order valence-electron chi connectivity index (χ0n) is 23.3. The summed E-state index contributed by atoms with van der Waals surface area (Å²) in [4.78, 5) is 47.8. The second-order valence-electron chi connectivity index (χ2n) is 9.87. The van der Waals surface area contributed by atoms with Crippen LogP contribution < -0.4 is 10.6 Å². The summed E-state index contributed by atoms with van der Waals surface area (Å²) in [6, 6.07) is 5.19. The van der Waals surface area contributed by atoms with Gasteiger partial charge in [0.2, 0.25) is 11.8 Å². The summed E-state index contributed by atoms with van der Waals surface area (Å²) in [6.45, 7) is -1.93. The normalized spacial score (nSPS) is 23.0. The van der Waals surface area contributed by atoms with E-state index >= 15 is 0 Å². The Morgan fingerprint density at radius 1 is 1.12 bits per heavy atom. The molecule has 0 spiro atoms. The van der Waals surface area contributed by atoms with Gasteiger partial charge >= 0.3 is 11.9 Å². The van der Waals surface area contributed by atoms with Gasteiger partial charge in [0.25, 0.3) is 5.79 Å². The summed E-state index contributed by atoms with van der Waals surface area (Å²) in [7, 11) is 0. The number of halogens is 1. The number of hydrogen-bond acceptors (Lipinski definition) is 10. The molecule has 0 unspecified atom stereocenters. The Morgan fingerprint density at radius 3 is 2.42 bits per heavy atom. The molecule has 1 aromatic rings. The van der Waals surface area contributed by atoms with Crippen LogP contribution in [0, 0.1) is 12.3 Å². The number of unbranched alkanes of at least 4 members (excludes halogenated alkanes) is 2. The van der Waals surface area contributed by atoms with E-state index in [9.17, 15) is 39.6 Å². The van der Waals surface area contributed by atoms with Crippen LogP contribution in [0.4, 0.5) is 0 Å². The van der Waals surface area contributed by atoms with Gasteiger partial charge in [-0.25, -0.2) is 4.79 Å². The molecule has 2 amide bonds. The lowest BCUT2D eigenvalue weighted by atomic mass is 9.88. The topological polar surface area (TPSA) is 221 Å². The van der Waals surface area contributed by atoms with Crippen LogP contribution in [0.1, 0.15) is 37.7 Å². The minimum absolute atomic E-state index is 0.0560. The van der Waals surface area contributed by atoms with Crippen LogP contribution >= 0.6 is 11.6 Å². The largest absolute Gasteiger partial charge is 0.481 e. The number of aliphatic hydroxyl groups is 3. The molecule has 1 fully saturated rings. The van der Waals surface area contributed by atoms with Crippen LogP contribution in [0.15, 0.2) is 24.3 Å². The number of carbonyl (C=O) groups is 4. The third-order valence-electron chi connectivity index (χ3n) is 6.62. The minimum atomic E-state index is -2.42. The number of aliphatic hydroxyl groups excluding tert-OH is 3. The monoisotopic (exact) mass is 628 g/mol. The minimum Gasteiger partial charge on any atom is -0.481 e. The third kappa shape index (κ3) is 11.4. The number of benzene rings is 1. The van der Waals surface area contributed by atoms with Crippen LogP contribution in [0.25, 0.3) is 0 Å². The fourth-order valence-corrected chi connectivity index (χ4v) is 4.57. The van der Waals surface area contributed by atoms with Gasteiger partial charge in [0.1, 0.15) is 25.4 Å². The summed E-state index contributed by atoms with van der Waals surface area (Å²) in [5.74, 6) is -4.16. The van der Waals surface area contributed by atoms with Crippen molar-refractivity contribution < 1.29 is 58.9 Å². The lowest BCUT2D eigenvalue weighted by Gasteiger charge is -2.47. The first-order chi connectivity index (χ1) is 20.4. The molecular weight excluding hydrogens is 592 g/mol. The number of aliphatic carboxylic acids is 2. The van der Waals surface area contributed by atoms with Gasteiger partial charge in [0, 0.05) is 24.4 Å². The summed E-state index contributed by atoms with van der Waals surface area (Å²) in [5.41, 5.74) is 0.638. The number of nitrogens with one attached hydrogen (secondary N) is 2. The van der Waals surface area contributed by atoms with Gasteiger partial charge in [-0.3, -0.25) is 14.4 Å². The highest BCUT2D eigenvalue weighted by Crippen LogP contribution is 2.35. The number of carboxylic acids is 2. The third-order valence-corrected chi connectivity index (χ3v) is 6.87. The molecule has 15 heteroatoms. The number of ether oxygens (including phenoxy) is 3. The van der Waals surface area contributed by atoms with E-state index in [-0.39, 0.29) is 32.5 Å². The SMILES string of the molecule is C#CCO[C@H]1C[C@](OCCCCCC(=O)O)(C(=O)O)O[C@@H]([C@H](O)[C@H](O)CNC(=O)Cc2ccc(Cl)cc2)[C@@H]1NC(=O)CO. The zero-order chi connectivity index (χ0) is 32.0. The average Bonchev–Trinajstić information content (AvgIpc) is 2.97. The van der Waals surface area contributed by atoms with E-state index < -0.39 is 79.6 Å². The van der Waals surface area contributed by atoms with E-state index in [1.165, 1.54) is 0 Å². The van der Waals surface area contributed by atoms with Crippen molar-refractivity contribution in [2.45, 2.75) is 74.8 Å². The average molecular weight is 629 g/mol. The van der Waals surface area contributed by atoms with E-state index in [0.29, 0.717) is 23.4 Å². The number of rotatable bonds is 18. The van der Waals surface area contributed by atoms with E-state index in [2.05, 4.69) is 16.6 Å². The standard InChI is InChI=1S/C28H37ClN2O12/c1-2-11-41-20-14-28(27(39)40,42-12-5-3-4-6-23(36)37)43-26(24(20)31-22(35)16-32)25(38)19(33)15-30-21(34)13-17-7-9-18(29)10-8-17/h1,7-10,19-20,24-26,32-33,38H,3-6,11-16H2,(H,30,34)(H,31,35)(H,36,37)(H,39,40)/t19-,20+,24-,25-,26-,28-/m1/s1. The van der Waals surface area contributed by atoms with Crippen LogP contribution in [0.2, 0.25) is 5.02 Å². The molecule has 43 heavy (non-hydrogen) atoms. The molecule has 0 aromatic heterocycles. The Kier molecular flexibility index (Phi) is 14.8. The quantitative estimate of drug-likeness (QED) is 0.0804. The molecule has 1 aliphatic heterocycles. The molecule has 1 aliphatic rings. The van der Waals surface area contributed by atoms with Gasteiger partial charge in [-0.2, -0.15) is 0 Å². The Bertz CT molecular complexity index is 1130. The number of amides is 2. The second kappa shape index (κ2) is 17.7. The van der Waals surface area contributed by atoms with E-state index in [4.69, 9.17) is 37.3 Å². The molecule has 6 atom stereocenters. The van der Waals surface area contributed by atoms with Gasteiger partial charge in [0.15, 0.2) is 0 Å². The highest BCUT2D eigenvalue weighted by molar-refractivity contribution is 6.30. The molecule has 0 saturated carbocycles. The summed E-state index contributed by atoms with van der Waals surface area (Å²) < 4.78 is 17.0. The van der Waals surface area contributed by atoms with Gasteiger partial charge in [-0.1, -0.05) is 36.1 Å². The van der Waals surface area contributed by atoms with Crippen molar-refractivity contribution >= 4 is 35.4 Å². The first kappa shape index (κ1) is 35.9. The predicted molar refractivity (Wildman–Crippen MR) is 150 cm³/mol. The molecule has 1 heterocycles. The molecule has 0 bridgehead atoms. The Morgan fingerprint density at radius 2 is 1.81 bits per heavy atom. The first-order valence-electron chi connectivity index (χ1n) is 13.5. The van der Waals surface area contributed by atoms with Gasteiger partial charge in [-0.05, 0) is 30.5 Å². The number of carboxylic acid groups (broad SMARTS) is 2. The van der Waals surface area contributed by atoms with Crippen molar-refractivity contribution in [1.82, 2.24) is 10.6 Å². The molecule has 238 valence electrons. The van der Waals surface area contributed by atoms with Crippen molar-refractivity contribution in [2.75, 3.05) is 26.4 Å². The van der Waals surface area contributed by atoms with Crippen molar-refractivity contribution in [3.63, 3.8) is 0 Å². The van der Waals surface area contributed by atoms with Crippen LogP contribution in [0.3, 0.4) is 0 Å². The zero-order valence-corrected chi connectivity index (χ0v) is 24.1. The fraction of sp³-hybridized carbons (Fsp3) is 0.571. The number of carbonyl (C=O) groups excluding carboxylic acids is 2. The van der Waals surface area contributed by atoms with Gasteiger partial charge in [-0.15, -0.1) is 6.42 Å². The van der Waals surface area contributed by atoms with E-state index in [1.54, 1.807) is 24.3 Å². The summed E-state index contributed by atoms with van der Waals surface area (Å²) in [6.07, 6.45) is -0.841. The van der Waals surface area contributed by atoms with Crippen molar-refractivity contribution in [3.05, 3.63) is 34.9 Å². The molecule has 2 rings (SSSR count). The fourth-order valence-electron chi connectivity index (χ4n) is 4.44. The molecule has 14 nitrogen and oxygen atoms in total. The second-order valence-corrected chi connectivity index (χ2v) is 10.3. The maximum Gasteiger partial charge on any atom is 0.364 e. The highest BCUT2D eigenvalue weighted by Gasteiger charge is 2.56. The van der Waals surface area contributed by atoms with Gasteiger partial charge in [0.05, 0.1) is 31.3 Å². The lowest BCUT2D eigenvalue weighted by Crippen LogP contribution is -2.69. The van der Waals surface area contributed by atoms with Crippen LogP contribution in [-0.2, 0) is 39.8 Å². The molecule has 0 aliphatic carbocycles. The Hall–Kier alpha value is -3.29. The van der Waals surface area contributed by atoms with Crippen molar-refractivity contribution in [1.29, 1.82) is 0 Å². The van der Waals surface area contributed by atoms with Crippen LogP contribution in [0.5, 0.6) is 0 Å². The lowest BCUT2D eigenvalue weighted by molar-refractivity contribution is -0.313. The number of terminal acetylenes is 1. The molecule has 0 radical (unpaired) electrons. The predicted octanol–water partition coefficient (Wildman–Crippen LogP) is -0.553. The van der Waals surface area contributed by atoms with Gasteiger partial charge < -0.3 is 50.4 Å². The Labute approximate surface area is 253 Å². The smallest absolute Gasteiger partial charge is 0.364 e. The van der Waals surface area contributed by atoms with Crippen LogP contribution in [-0.4, -0.2) is 112 Å². The van der Waals surface area contributed by atoms with Crippen molar-refractivity contribution in [2.24, 2.45) is 0 Å². The molecule has 1 saturated heterocycles.